The van der Waals surface area contributed by atoms with Gasteiger partial charge in [-0.25, -0.2) is 4.90 Å². The van der Waals surface area contributed by atoms with Gasteiger partial charge in [0.05, 0.1) is 6.54 Å². The van der Waals surface area contributed by atoms with Gasteiger partial charge in [0.15, 0.2) is 6.20 Å². The Morgan fingerprint density at radius 2 is 1.26 bits per heavy atom. The Bertz CT molecular complexity index is 234. The first kappa shape index (κ1) is 16.3. The molecule has 0 atom stereocenters. The molecule has 0 aromatic heterocycles. The highest BCUT2D eigenvalue weighted by atomic mass is 15.2. The fourth-order valence-corrected chi connectivity index (χ4v) is 2.55. The second-order valence-electron chi connectivity index (χ2n) is 5.69. The Balaban J connectivity index is 1.69. The Morgan fingerprint density at radius 1 is 0.737 bits per heavy atom. The molecule has 2 nitrogen and oxygen atoms in total. The first-order chi connectivity index (χ1) is 9.43. The van der Waals surface area contributed by atoms with Gasteiger partial charge in [-0.1, -0.05) is 76.1 Å². The summed E-state index contributed by atoms with van der Waals surface area (Å²) in [5, 5.41) is 0. The second kappa shape index (κ2) is 12.3. The minimum Gasteiger partial charge on any atom is -0.233 e. The zero-order valence-corrected chi connectivity index (χ0v) is 12.8. The predicted octanol–water partition coefficient (Wildman–Crippen LogP) is 4.84. The summed E-state index contributed by atoms with van der Waals surface area (Å²) in [6.07, 6.45) is 22.8. The van der Waals surface area contributed by atoms with E-state index in [1.807, 2.05) is 12.5 Å². The molecule has 0 aromatic carbocycles. The molecule has 19 heavy (non-hydrogen) atoms. The van der Waals surface area contributed by atoms with E-state index in [1.54, 1.807) is 0 Å². The van der Waals surface area contributed by atoms with Crippen LogP contribution in [0.25, 0.3) is 0 Å². The van der Waals surface area contributed by atoms with Crippen LogP contribution in [0.3, 0.4) is 0 Å². The fraction of sp³-hybridized carbons (Fsp3) is 0.824. The molecule has 1 aliphatic heterocycles. The smallest absolute Gasteiger partial charge is 0.233 e. The summed E-state index contributed by atoms with van der Waals surface area (Å²) in [5.74, 6) is 0. The summed E-state index contributed by atoms with van der Waals surface area (Å²) in [5.41, 5.74) is 0. The highest BCUT2D eigenvalue weighted by Gasteiger charge is 2.07. The minimum atomic E-state index is 1.14. The summed E-state index contributed by atoms with van der Waals surface area (Å²) >= 11 is 0. The third kappa shape index (κ3) is 9.75. The molecule has 0 N–H and O–H groups in total. The Morgan fingerprint density at radius 3 is 1.74 bits per heavy atom. The Hall–Kier alpha value is -0.790. The topological polar surface area (TPSA) is 17.3 Å². The maximum atomic E-state index is 4.06. The van der Waals surface area contributed by atoms with Crippen molar-refractivity contribution in [1.82, 2.24) is 9.89 Å². The summed E-state index contributed by atoms with van der Waals surface area (Å²) in [7, 11) is 0. The number of nitrogens with zero attached hydrogens (tertiary/aromatic N) is 2. The maximum absolute atomic E-state index is 4.06. The van der Waals surface area contributed by atoms with Crippen molar-refractivity contribution in [3.8, 4) is 0 Å². The molecule has 0 bridgehead atoms. The van der Waals surface area contributed by atoms with E-state index in [0.717, 1.165) is 6.54 Å². The lowest BCUT2D eigenvalue weighted by atomic mass is 10.1. The SMILES string of the molecule is CCCCCCCCCCCCCCN1C=C[N+]=C1. The van der Waals surface area contributed by atoms with Crippen molar-refractivity contribution in [2.45, 2.75) is 84.0 Å². The van der Waals surface area contributed by atoms with Crippen molar-refractivity contribution in [2.75, 3.05) is 6.54 Å². The summed E-state index contributed by atoms with van der Waals surface area (Å²) in [4.78, 5) is 6.24. The third-order valence-corrected chi connectivity index (χ3v) is 3.83. The van der Waals surface area contributed by atoms with Gasteiger partial charge in [0.25, 0.3) is 6.34 Å². The second-order valence-corrected chi connectivity index (χ2v) is 5.69. The zero-order valence-electron chi connectivity index (χ0n) is 12.8. The van der Waals surface area contributed by atoms with E-state index in [-0.39, 0.29) is 0 Å². The predicted molar refractivity (Wildman–Crippen MR) is 85.1 cm³/mol. The molecule has 0 saturated heterocycles. The molecule has 0 fully saturated rings. The normalized spacial score (nSPS) is 13.6. The number of aliphatic imine (C=N–C) groups is 1. The van der Waals surface area contributed by atoms with E-state index in [0.29, 0.717) is 0 Å². The molecule has 1 heterocycles. The van der Waals surface area contributed by atoms with Crippen molar-refractivity contribution in [3.63, 3.8) is 0 Å². The van der Waals surface area contributed by atoms with Gasteiger partial charge in [0, 0.05) is 0 Å². The van der Waals surface area contributed by atoms with Crippen LogP contribution in [-0.2, 0) is 0 Å². The Labute approximate surface area is 120 Å². The average molecular weight is 264 g/mol. The van der Waals surface area contributed by atoms with Crippen molar-refractivity contribution in [3.05, 3.63) is 12.4 Å². The van der Waals surface area contributed by atoms with Crippen LogP contribution < -0.4 is 4.99 Å². The summed E-state index contributed by atoms with van der Waals surface area (Å²) in [6.45, 7) is 3.42. The van der Waals surface area contributed by atoms with Crippen LogP contribution in [0, 0.1) is 0 Å². The van der Waals surface area contributed by atoms with Crippen LogP contribution in [0.15, 0.2) is 12.4 Å². The van der Waals surface area contributed by atoms with Gasteiger partial charge in [-0.15, -0.1) is 0 Å². The molecule has 2 heteroatoms. The van der Waals surface area contributed by atoms with Gasteiger partial charge in [-0.05, 0) is 12.8 Å². The third-order valence-electron chi connectivity index (χ3n) is 3.83. The van der Waals surface area contributed by atoms with Crippen LogP contribution in [0.1, 0.15) is 84.0 Å². The molecular formula is C17H32N2+. The quantitative estimate of drug-likeness (QED) is 0.435. The number of hydrogen-bond acceptors (Lipinski definition) is 2. The van der Waals surface area contributed by atoms with E-state index in [4.69, 9.17) is 0 Å². The molecule has 1 rings (SSSR count). The number of hydrogen-bond donors (Lipinski definition) is 0. The minimum absolute atomic E-state index is 1.14. The van der Waals surface area contributed by atoms with Crippen LogP contribution in [0.4, 0.5) is 0 Å². The molecule has 0 saturated carbocycles. The van der Waals surface area contributed by atoms with Gasteiger partial charge in [-0.2, -0.15) is 0 Å². The van der Waals surface area contributed by atoms with Gasteiger partial charge >= 0.3 is 0 Å². The van der Waals surface area contributed by atoms with E-state index in [2.05, 4.69) is 23.0 Å². The molecule has 109 valence electrons. The average Bonchev–Trinajstić information content (AvgIpc) is 2.93. The van der Waals surface area contributed by atoms with Gasteiger partial charge in [0.2, 0.25) is 0 Å². The largest absolute Gasteiger partial charge is 0.286 e. The van der Waals surface area contributed by atoms with Crippen LogP contribution in [0.5, 0.6) is 0 Å². The molecule has 1 aliphatic rings. The Kier molecular flexibility index (Phi) is 10.5. The lowest BCUT2D eigenvalue weighted by Gasteiger charge is -2.04. The molecule has 0 aromatic rings. The van der Waals surface area contributed by atoms with Crippen molar-refractivity contribution >= 4 is 6.34 Å². The van der Waals surface area contributed by atoms with Crippen molar-refractivity contribution in [1.29, 1.82) is 0 Å². The molecule has 1 radical (unpaired) electrons. The molecule has 0 spiro atoms. The van der Waals surface area contributed by atoms with Crippen LogP contribution in [0.2, 0.25) is 0 Å². The summed E-state index contributed by atoms with van der Waals surface area (Å²) < 4.78 is 0. The van der Waals surface area contributed by atoms with E-state index in [9.17, 15) is 0 Å². The molecule has 0 unspecified atom stereocenters. The lowest BCUT2D eigenvalue weighted by Crippen LogP contribution is -2.14. The first-order valence-electron chi connectivity index (χ1n) is 8.39. The summed E-state index contributed by atoms with van der Waals surface area (Å²) in [6, 6.07) is 0. The monoisotopic (exact) mass is 264 g/mol. The fourth-order valence-electron chi connectivity index (χ4n) is 2.55. The highest BCUT2D eigenvalue weighted by molar-refractivity contribution is 5.58. The van der Waals surface area contributed by atoms with E-state index < -0.39 is 0 Å². The van der Waals surface area contributed by atoms with Gasteiger partial charge in [0.1, 0.15) is 6.20 Å². The maximum Gasteiger partial charge on any atom is 0.286 e. The van der Waals surface area contributed by atoms with Crippen LogP contribution in [-0.4, -0.2) is 17.8 Å². The van der Waals surface area contributed by atoms with Gasteiger partial charge < -0.3 is 0 Å². The van der Waals surface area contributed by atoms with Crippen molar-refractivity contribution < 1.29 is 0 Å². The van der Waals surface area contributed by atoms with Crippen LogP contribution >= 0.6 is 0 Å². The first-order valence-corrected chi connectivity index (χ1v) is 8.39. The van der Waals surface area contributed by atoms with Crippen molar-refractivity contribution in [2.24, 2.45) is 0 Å². The molecular weight excluding hydrogens is 232 g/mol. The molecule has 0 aliphatic carbocycles. The van der Waals surface area contributed by atoms with E-state index >= 15 is 0 Å². The number of rotatable bonds is 13. The van der Waals surface area contributed by atoms with Gasteiger partial charge in [-0.3, -0.25) is 0 Å². The highest BCUT2D eigenvalue weighted by Crippen LogP contribution is 2.12. The molecule has 0 amide bonds. The zero-order chi connectivity index (χ0) is 13.6. The lowest BCUT2D eigenvalue weighted by molar-refractivity contribution is 0.504. The number of unbranched alkanes of at least 4 members (excludes halogenated alkanes) is 11. The van der Waals surface area contributed by atoms with E-state index in [1.165, 1.54) is 77.0 Å². The standard InChI is InChI=1S/C17H32N2/c1-2-3-4-5-6-7-8-9-10-11-12-13-15-19-16-14-18-17-19/h14,16-17H,2-13,15H2,1H3/q+1.